The second-order valence-electron chi connectivity index (χ2n) is 3.54. The van der Waals surface area contributed by atoms with Gasteiger partial charge < -0.3 is 10.2 Å². The van der Waals surface area contributed by atoms with Gasteiger partial charge in [-0.05, 0) is 30.7 Å². The first-order valence-corrected chi connectivity index (χ1v) is 4.86. The number of hydrogen-bond acceptors (Lipinski definition) is 2. The highest BCUT2D eigenvalue weighted by atomic mass is 19.1. The third kappa shape index (κ3) is 1.72. The molecule has 0 spiro atoms. The maximum Gasteiger partial charge on any atom is 0.131 e. The molecule has 2 rings (SSSR count). The molecule has 0 aliphatic carbocycles. The van der Waals surface area contributed by atoms with Gasteiger partial charge >= 0.3 is 0 Å². The van der Waals surface area contributed by atoms with Crippen LogP contribution in [-0.4, -0.2) is 0 Å². The Balaban J connectivity index is 2.60. The van der Waals surface area contributed by atoms with Crippen molar-refractivity contribution in [1.82, 2.24) is 0 Å². The van der Waals surface area contributed by atoms with Crippen LogP contribution in [0.4, 0.5) is 8.78 Å². The highest BCUT2D eigenvalue weighted by Gasteiger charge is 2.14. The molecule has 84 valence electrons. The van der Waals surface area contributed by atoms with Crippen molar-refractivity contribution in [1.29, 1.82) is 0 Å². The Morgan fingerprint density at radius 3 is 2.62 bits per heavy atom. The molecule has 0 unspecified atom stereocenters. The Labute approximate surface area is 91.7 Å². The first kappa shape index (κ1) is 10.8. The Hall–Kier alpha value is -1.68. The molecule has 1 aromatic heterocycles. The standard InChI is InChI=1S/C12H11F2NO/c1-7-4-11(14)9(5-10(7)13)8-2-3-16-12(8)6-15/h2-5H,6,15H2,1H3. The average molecular weight is 223 g/mol. The van der Waals surface area contributed by atoms with E-state index >= 15 is 0 Å². The minimum Gasteiger partial charge on any atom is -0.467 e. The van der Waals surface area contributed by atoms with Crippen molar-refractivity contribution in [2.45, 2.75) is 13.5 Å². The summed E-state index contributed by atoms with van der Waals surface area (Å²) in [5.41, 5.74) is 6.39. The summed E-state index contributed by atoms with van der Waals surface area (Å²) < 4.78 is 32.1. The Kier molecular flexibility index (Phi) is 2.75. The summed E-state index contributed by atoms with van der Waals surface area (Å²) in [6.45, 7) is 1.67. The molecule has 16 heavy (non-hydrogen) atoms. The van der Waals surface area contributed by atoms with E-state index in [0.717, 1.165) is 12.1 Å². The Morgan fingerprint density at radius 1 is 1.19 bits per heavy atom. The number of halogens is 2. The van der Waals surface area contributed by atoms with Crippen molar-refractivity contribution in [3.63, 3.8) is 0 Å². The van der Waals surface area contributed by atoms with Crippen LogP contribution < -0.4 is 5.73 Å². The van der Waals surface area contributed by atoms with Crippen LogP contribution in [0.25, 0.3) is 11.1 Å². The predicted octanol–water partition coefficient (Wildman–Crippen LogP) is 2.99. The van der Waals surface area contributed by atoms with Gasteiger partial charge in [0.2, 0.25) is 0 Å². The lowest BCUT2D eigenvalue weighted by atomic mass is 10.0. The summed E-state index contributed by atoms with van der Waals surface area (Å²) in [5.74, 6) is -0.474. The second kappa shape index (κ2) is 4.06. The van der Waals surface area contributed by atoms with Gasteiger partial charge in [0.15, 0.2) is 0 Å². The van der Waals surface area contributed by atoms with Crippen LogP contribution in [0.3, 0.4) is 0 Å². The van der Waals surface area contributed by atoms with Gasteiger partial charge in [0, 0.05) is 11.1 Å². The summed E-state index contributed by atoms with van der Waals surface area (Å²) in [6, 6.07) is 3.90. The first-order valence-electron chi connectivity index (χ1n) is 4.86. The number of aryl methyl sites for hydroxylation is 1. The van der Waals surface area contributed by atoms with Gasteiger partial charge in [-0.15, -0.1) is 0 Å². The minimum atomic E-state index is -0.477. The molecular weight excluding hydrogens is 212 g/mol. The summed E-state index contributed by atoms with van der Waals surface area (Å²) in [6.07, 6.45) is 1.41. The molecule has 2 N–H and O–H groups in total. The van der Waals surface area contributed by atoms with Gasteiger partial charge in [-0.1, -0.05) is 0 Å². The van der Waals surface area contributed by atoms with Crippen molar-refractivity contribution in [2.24, 2.45) is 5.73 Å². The van der Waals surface area contributed by atoms with E-state index in [4.69, 9.17) is 10.2 Å². The number of hydrogen-bond donors (Lipinski definition) is 1. The van der Waals surface area contributed by atoms with E-state index in [1.807, 2.05) is 0 Å². The molecule has 0 amide bonds. The lowest BCUT2D eigenvalue weighted by molar-refractivity contribution is 0.513. The fraction of sp³-hybridized carbons (Fsp3) is 0.167. The van der Waals surface area contributed by atoms with Crippen molar-refractivity contribution < 1.29 is 13.2 Å². The fourth-order valence-corrected chi connectivity index (χ4v) is 1.59. The fourth-order valence-electron chi connectivity index (χ4n) is 1.59. The van der Waals surface area contributed by atoms with E-state index in [2.05, 4.69) is 0 Å². The van der Waals surface area contributed by atoms with E-state index in [-0.39, 0.29) is 17.7 Å². The molecule has 0 aliphatic heterocycles. The van der Waals surface area contributed by atoms with Crippen LogP contribution >= 0.6 is 0 Å². The summed E-state index contributed by atoms with van der Waals surface area (Å²) in [5, 5.41) is 0. The molecule has 0 saturated heterocycles. The molecule has 0 aliphatic rings. The van der Waals surface area contributed by atoms with E-state index in [1.165, 1.54) is 13.2 Å². The maximum atomic E-state index is 13.7. The normalized spacial score (nSPS) is 10.8. The van der Waals surface area contributed by atoms with E-state index in [1.54, 1.807) is 6.07 Å². The lowest BCUT2D eigenvalue weighted by Gasteiger charge is -2.05. The molecule has 0 fully saturated rings. The summed E-state index contributed by atoms with van der Waals surface area (Å²) in [7, 11) is 0. The molecule has 2 nitrogen and oxygen atoms in total. The highest BCUT2D eigenvalue weighted by Crippen LogP contribution is 2.29. The average Bonchev–Trinajstić information content (AvgIpc) is 2.71. The molecule has 0 bridgehead atoms. The number of rotatable bonds is 2. The largest absolute Gasteiger partial charge is 0.467 e. The molecule has 4 heteroatoms. The second-order valence-corrected chi connectivity index (χ2v) is 3.54. The zero-order valence-corrected chi connectivity index (χ0v) is 8.76. The molecule has 0 saturated carbocycles. The van der Waals surface area contributed by atoms with Crippen molar-refractivity contribution >= 4 is 0 Å². The van der Waals surface area contributed by atoms with Crippen molar-refractivity contribution in [3.05, 3.63) is 47.4 Å². The third-order valence-corrected chi connectivity index (χ3v) is 2.47. The number of nitrogens with two attached hydrogens (primary N) is 1. The number of benzene rings is 1. The van der Waals surface area contributed by atoms with E-state index in [0.29, 0.717) is 11.3 Å². The van der Waals surface area contributed by atoms with Gasteiger partial charge in [0.05, 0.1) is 12.8 Å². The van der Waals surface area contributed by atoms with Crippen LogP contribution in [0.15, 0.2) is 28.9 Å². The van der Waals surface area contributed by atoms with Gasteiger partial charge in [0.25, 0.3) is 0 Å². The maximum absolute atomic E-state index is 13.7. The van der Waals surface area contributed by atoms with Crippen molar-refractivity contribution in [3.8, 4) is 11.1 Å². The van der Waals surface area contributed by atoms with E-state index in [9.17, 15) is 8.78 Å². The van der Waals surface area contributed by atoms with Crippen LogP contribution in [0.2, 0.25) is 0 Å². The molecule has 1 heterocycles. The number of furan rings is 1. The molecular formula is C12H11F2NO. The molecule has 0 radical (unpaired) electrons. The zero-order valence-electron chi connectivity index (χ0n) is 8.76. The lowest BCUT2D eigenvalue weighted by Crippen LogP contribution is -1.97. The third-order valence-electron chi connectivity index (χ3n) is 2.47. The van der Waals surface area contributed by atoms with Gasteiger partial charge in [-0.2, -0.15) is 0 Å². The van der Waals surface area contributed by atoms with E-state index < -0.39 is 11.6 Å². The van der Waals surface area contributed by atoms with Gasteiger partial charge in [0.1, 0.15) is 17.4 Å². The zero-order chi connectivity index (χ0) is 11.7. The van der Waals surface area contributed by atoms with Crippen LogP contribution in [0, 0.1) is 18.6 Å². The minimum absolute atomic E-state index is 0.150. The molecule has 2 aromatic rings. The summed E-state index contributed by atoms with van der Waals surface area (Å²) in [4.78, 5) is 0. The highest BCUT2D eigenvalue weighted by molar-refractivity contribution is 5.66. The first-order chi connectivity index (χ1) is 7.63. The van der Waals surface area contributed by atoms with Crippen LogP contribution in [0.5, 0.6) is 0 Å². The molecule has 1 aromatic carbocycles. The van der Waals surface area contributed by atoms with Gasteiger partial charge in [-0.3, -0.25) is 0 Å². The monoisotopic (exact) mass is 223 g/mol. The Morgan fingerprint density at radius 2 is 1.94 bits per heavy atom. The van der Waals surface area contributed by atoms with Crippen LogP contribution in [-0.2, 0) is 6.54 Å². The summed E-state index contributed by atoms with van der Waals surface area (Å²) >= 11 is 0. The Bertz CT molecular complexity index is 520. The molecule has 0 atom stereocenters. The van der Waals surface area contributed by atoms with Crippen molar-refractivity contribution in [2.75, 3.05) is 0 Å². The quantitative estimate of drug-likeness (QED) is 0.850. The topological polar surface area (TPSA) is 39.2 Å². The van der Waals surface area contributed by atoms with Crippen LogP contribution in [0.1, 0.15) is 11.3 Å². The smallest absolute Gasteiger partial charge is 0.131 e. The SMILES string of the molecule is Cc1cc(F)c(-c2ccoc2CN)cc1F. The van der Waals surface area contributed by atoms with Gasteiger partial charge in [-0.25, -0.2) is 8.78 Å². The predicted molar refractivity (Wildman–Crippen MR) is 56.7 cm³/mol.